The number of amides is 1. The molecule has 1 fully saturated rings. The molecule has 0 unspecified atom stereocenters. The molecule has 0 aromatic carbocycles. The third-order valence-electron chi connectivity index (χ3n) is 5.03. The highest BCUT2D eigenvalue weighted by Crippen LogP contribution is 2.26. The number of likely N-dealkylation sites (tertiary alicyclic amines) is 1. The van der Waals surface area contributed by atoms with Crippen molar-refractivity contribution in [2.75, 3.05) is 13.1 Å². The molecule has 3 aromatic rings. The zero-order valence-electron chi connectivity index (χ0n) is 15.5. The summed E-state index contributed by atoms with van der Waals surface area (Å²) in [6.45, 7) is 1.98. The summed E-state index contributed by atoms with van der Waals surface area (Å²) >= 11 is 0. The highest BCUT2D eigenvalue weighted by molar-refractivity contribution is 5.76. The first-order valence-corrected chi connectivity index (χ1v) is 9.41. The maximum absolute atomic E-state index is 12.7. The molecule has 0 radical (unpaired) electrons. The number of hydrogen-bond acceptors (Lipinski definition) is 5. The van der Waals surface area contributed by atoms with E-state index in [0.29, 0.717) is 19.6 Å². The molecule has 1 amide bonds. The average Bonchev–Trinajstić information content (AvgIpc) is 3.19. The van der Waals surface area contributed by atoms with Crippen molar-refractivity contribution in [3.63, 3.8) is 0 Å². The van der Waals surface area contributed by atoms with Crippen molar-refractivity contribution < 1.29 is 4.79 Å². The summed E-state index contributed by atoms with van der Waals surface area (Å²) in [5.74, 6) is 1.08. The van der Waals surface area contributed by atoms with Crippen LogP contribution in [0.15, 0.2) is 60.0 Å². The molecule has 3 aromatic heterocycles. The van der Waals surface area contributed by atoms with Crippen molar-refractivity contribution in [3.8, 4) is 0 Å². The van der Waals surface area contributed by atoms with Gasteiger partial charge >= 0.3 is 5.69 Å². The van der Waals surface area contributed by atoms with Crippen molar-refractivity contribution in [1.82, 2.24) is 29.0 Å². The van der Waals surface area contributed by atoms with Gasteiger partial charge in [-0.2, -0.15) is 0 Å². The van der Waals surface area contributed by atoms with Gasteiger partial charge in [-0.3, -0.25) is 14.3 Å². The summed E-state index contributed by atoms with van der Waals surface area (Å²) in [7, 11) is 0. The summed E-state index contributed by atoms with van der Waals surface area (Å²) in [6, 6.07) is 7.52. The molecule has 1 atom stereocenters. The number of carbonyl (C=O) groups is 1. The van der Waals surface area contributed by atoms with E-state index in [1.807, 2.05) is 29.3 Å². The summed E-state index contributed by atoms with van der Waals surface area (Å²) in [5.41, 5.74) is 0.566. The molecule has 8 nitrogen and oxygen atoms in total. The minimum absolute atomic E-state index is 0.0156. The van der Waals surface area contributed by atoms with Crippen LogP contribution in [0.5, 0.6) is 0 Å². The van der Waals surface area contributed by atoms with Crippen LogP contribution < -0.4 is 5.69 Å². The fraction of sp³-hybridized carbons (Fsp3) is 0.350. The van der Waals surface area contributed by atoms with Crippen LogP contribution in [0, 0.1) is 0 Å². The Hall–Kier alpha value is -3.29. The van der Waals surface area contributed by atoms with Gasteiger partial charge in [0.15, 0.2) is 0 Å². The van der Waals surface area contributed by atoms with E-state index in [-0.39, 0.29) is 18.4 Å². The van der Waals surface area contributed by atoms with Gasteiger partial charge in [0.05, 0.1) is 12.2 Å². The van der Waals surface area contributed by atoms with Gasteiger partial charge in [0.2, 0.25) is 5.91 Å². The van der Waals surface area contributed by atoms with Gasteiger partial charge in [-0.25, -0.2) is 14.8 Å². The molecular weight excluding hydrogens is 356 g/mol. The maximum Gasteiger partial charge on any atom is 0.347 e. The summed E-state index contributed by atoms with van der Waals surface area (Å²) in [4.78, 5) is 39.0. The first-order chi connectivity index (χ1) is 13.7. The van der Waals surface area contributed by atoms with Crippen LogP contribution in [0.3, 0.4) is 0 Å². The Morgan fingerprint density at radius 1 is 1.04 bits per heavy atom. The third kappa shape index (κ3) is 4.00. The van der Waals surface area contributed by atoms with Crippen molar-refractivity contribution in [2.24, 2.45) is 0 Å². The van der Waals surface area contributed by atoms with E-state index in [9.17, 15) is 9.59 Å². The van der Waals surface area contributed by atoms with Crippen molar-refractivity contribution in [2.45, 2.75) is 31.8 Å². The fourth-order valence-corrected chi connectivity index (χ4v) is 3.65. The maximum atomic E-state index is 12.7. The monoisotopic (exact) mass is 378 g/mol. The lowest BCUT2D eigenvalue weighted by molar-refractivity contribution is -0.133. The minimum Gasteiger partial charge on any atom is -0.340 e. The molecule has 1 aliphatic heterocycles. The molecule has 28 heavy (non-hydrogen) atoms. The standard InChI is InChI=1S/C20H22N6O2/c27-18(15-26-11-4-8-23-20(26)28)24-10-3-5-16(13-24)19-22-9-12-25(19)14-17-6-1-2-7-21-17/h1-2,4,6-9,11-12,16H,3,5,10,13-15H2/t16-/m0/s1. The molecule has 0 aliphatic carbocycles. The molecule has 1 aliphatic rings. The Morgan fingerprint density at radius 2 is 1.93 bits per heavy atom. The third-order valence-corrected chi connectivity index (χ3v) is 5.03. The fourth-order valence-electron chi connectivity index (χ4n) is 3.65. The normalized spacial score (nSPS) is 16.9. The predicted octanol–water partition coefficient (Wildman–Crippen LogP) is 1.29. The molecule has 0 spiro atoms. The number of imidazole rings is 1. The van der Waals surface area contributed by atoms with E-state index in [2.05, 4.69) is 19.5 Å². The van der Waals surface area contributed by atoms with Crippen molar-refractivity contribution in [1.29, 1.82) is 0 Å². The lowest BCUT2D eigenvalue weighted by atomic mass is 9.97. The second kappa shape index (κ2) is 8.16. The smallest absolute Gasteiger partial charge is 0.340 e. The molecule has 8 heteroatoms. The first kappa shape index (κ1) is 18.1. The molecule has 4 rings (SSSR count). The summed E-state index contributed by atoms with van der Waals surface area (Å²) in [5, 5.41) is 0. The van der Waals surface area contributed by atoms with Crippen LogP contribution in [0.25, 0.3) is 0 Å². The number of carbonyl (C=O) groups excluding carboxylic acids is 1. The van der Waals surface area contributed by atoms with Gasteiger partial charge in [0.25, 0.3) is 0 Å². The number of aromatic nitrogens is 5. The Labute approximate surface area is 162 Å². The molecule has 0 saturated carbocycles. The molecule has 144 valence electrons. The van der Waals surface area contributed by atoms with E-state index in [1.165, 1.54) is 10.8 Å². The summed E-state index contributed by atoms with van der Waals surface area (Å²) in [6.07, 6.45) is 10.5. The van der Waals surface area contributed by atoms with Crippen molar-refractivity contribution in [3.05, 3.63) is 77.3 Å². The Morgan fingerprint density at radius 3 is 2.75 bits per heavy atom. The van der Waals surface area contributed by atoms with Gasteiger partial charge in [0.1, 0.15) is 12.4 Å². The van der Waals surface area contributed by atoms with E-state index in [0.717, 1.165) is 24.4 Å². The van der Waals surface area contributed by atoms with E-state index in [4.69, 9.17) is 0 Å². The van der Waals surface area contributed by atoms with Crippen LogP contribution in [0.1, 0.15) is 30.3 Å². The quantitative estimate of drug-likeness (QED) is 0.668. The number of pyridine rings is 1. The molecule has 0 bridgehead atoms. The number of hydrogen-bond donors (Lipinski definition) is 0. The van der Waals surface area contributed by atoms with Gasteiger partial charge in [-0.05, 0) is 31.0 Å². The Kier molecular flexibility index (Phi) is 5.27. The zero-order valence-corrected chi connectivity index (χ0v) is 15.5. The van der Waals surface area contributed by atoms with E-state index < -0.39 is 5.69 Å². The minimum atomic E-state index is -0.407. The number of nitrogens with zero attached hydrogens (tertiary/aromatic N) is 6. The van der Waals surface area contributed by atoms with E-state index in [1.54, 1.807) is 24.7 Å². The van der Waals surface area contributed by atoms with Crippen LogP contribution in [-0.4, -0.2) is 48.0 Å². The SMILES string of the molecule is O=C(Cn1cccnc1=O)N1CCC[C@H](c2nccn2Cc2ccccn2)C1. The topological polar surface area (TPSA) is 85.9 Å². The zero-order chi connectivity index (χ0) is 19.3. The second-order valence-corrected chi connectivity index (χ2v) is 6.94. The van der Waals surface area contributed by atoms with Crippen LogP contribution in [0.4, 0.5) is 0 Å². The highest BCUT2D eigenvalue weighted by Gasteiger charge is 2.27. The lowest BCUT2D eigenvalue weighted by Gasteiger charge is -2.32. The molecule has 0 N–H and O–H groups in total. The summed E-state index contributed by atoms with van der Waals surface area (Å²) < 4.78 is 3.44. The van der Waals surface area contributed by atoms with Crippen LogP contribution >= 0.6 is 0 Å². The van der Waals surface area contributed by atoms with Crippen molar-refractivity contribution >= 4 is 5.91 Å². The predicted molar refractivity (Wildman–Crippen MR) is 103 cm³/mol. The van der Waals surface area contributed by atoms with Crippen LogP contribution in [-0.2, 0) is 17.9 Å². The second-order valence-electron chi connectivity index (χ2n) is 6.94. The Bertz CT molecular complexity index is 997. The van der Waals surface area contributed by atoms with Crippen LogP contribution in [0.2, 0.25) is 0 Å². The van der Waals surface area contributed by atoms with Gasteiger partial charge in [0, 0.05) is 50.0 Å². The first-order valence-electron chi connectivity index (χ1n) is 9.41. The number of rotatable bonds is 5. The van der Waals surface area contributed by atoms with E-state index >= 15 is 0 Å². The average molecular weight is 378 g/mol. The molecule has 1 saturated heterocycles. The van der Waals surface area contributed by atoms with Gasteiger partial charge in [-0.15, -0.1) is 0 Å². The lowest BCUT2D eigenvalue weighted by Crippen LogP contribution is -2.42. The largest absolute Gasteiger partial charge is 0.347 e. The number of piperidine rings is 1. The van der Waals surface area contributed by atoms with Gasteiger partial charge in [-0.1, -0.05) is 6.07 Å². The van der Waals surface area contributed by atoms with Gasteiger partial charge < -0.3 is 9.47 Å². The Balaban J connectivity index is 1.46. The molecule has 4 heterocycles. The highest BCUT2D eigenvalue weighted by atomic mass is 16.2. The molecular formula is C20H22N6O2.